The average molecular weight is 396 g/mol. The van der Waals surface area contributed by atoms with E-state index in [1.54, 1.807) is 18.4 Å². The lowest BCUT2D eigenvalue weighted by Crippen LogP contribution is -2.41. The van der Waals surface area contributed by atoms with E-state index in [1.807, 2.05) is 42.6 Å². The highest BCUT2D eigenvalue weighted by molar-refractivity contribution is 7.89. The summed E-state index contributed by atoms with van der Waals surface area (Å²) in [6.45, 7) is 3.24. The second-order valence-corrected chi connectivity index (χ2v) is 8.65. The fourth-order valence-electron chi connectivity index (χ4n) is 2.22. The van der Waals surface area contributed by atoms with Crippen molar-refractivity contribution in [1.29, 1.82) is 0 Å². The third-order valence-electron chi connectivity index (χ3n) is 3.57. The summed E-state index contributed by atoms with van der Waals surface area (Å²) in [5.74, 6) is 0.557. The van der Waals surface area contributed by atoms with E-state index in [0.717, 1.165) is 22.7 Å². The molecule has 0 fully saturated rings. The largest absolute Gasteiger partial charge is 0.356 e. The molecule has 2 aromatic rings. The first-order valence-electron chi connectivity index (χ1n) is 8.35. The van der Waals surface area contributed by atoms with Crippen molar-refractivity contribution >= 4 is 27.3 Å². The van der Waals surface area contributed by atoms with Gasteiger partial charge in [0.25, 0.3) is 0 Å². The Kier molecular flexibility index (Phi) is 8.02. The summed E-state index contributed by atoms with van der Waals surface area (Å²) in [5.41, 5.74) is 1.97. The van der Waals surface area contributed by atoms with Crippen LogP contribution in [0.15, 0.2) is 40.7 Å². The second-order valence-electron chi connectivity index (χ2n) is 5.66. The normalized spacial score (nSPS) is 12.2. The number of aryl methyl sites for hydroxylation is 1. The highest BCUT2D eigenvalue weighted by atomic mass is 32.2. The van der Waals surface area contributed by atoms with Crippen LogP contribution < -0.4 is 15.4 Å². The van der Waals surface area contributed by atoms with Crippen LogP contribution in [0.25, 0.3) is 0 Å². The Morgan fingerprint density at radius 3 is 2.58 bits per heavy atom. The summed E-state index contributed by atoms with van der Waals surface area (Å²) in [7, 11) is -1.69. The minimum atomic E-state index is -3.35. The van der Waals surface area contributed by atoms with Crippen LogP contribution in [0.1, 0.15) is 16.3 Å². The molecule has 0 atom stereocenters. The highest BCUT2D eigenvalue weighted by Gasteiger charge is 2.10. The van der Waals surface area contributed by atoms with Crippen LogP contribution in [-0.4, -0.2) is 45.3 Å². The summed E-state index contributed by atoms with van der Waals surface area (Å²) < 4.78 is 26.7. The van der Waals surface area contributed by atoms with Gasteiger partial charge in [-0.25, -0.2) is 18.1 Å². The van der Waals surface area contributed by atoms with E-state index in [9.17, 15) is 8.42 Å². The fourth-order valence-corrected chi connectivity index (χ4v) is 3.77. The lowest BCUT2D eigenvalue weighted by atomic mass is 10.2. The molecule has 0 aliphatic carbocycles. The van der Waals surface area contributed by atoms with Gasteiger partial charge in [0.15, 0.2) is 5.96 Å². The Bertz CT molecular complexity index is 804. The highest BCUT2D eigenvalue weighted by Crippen LogP contribution is 2.07. The first kappa shape index (κ1) is 20.3. The molecule has 0 amide bonds. The SMILES string of the molecule is CN=C(NCCc1csc(C)n1)NCCS(=O)(=O)NCc1ccccc1. The molecule has 1 aromatic carbocycles. The van der Waals surface area contributed by atoms with Crippen molar-refractivity contribution in [3.63, 3.8) is 0 Å². The minimum absolute atomic E-state index is 0.0220. The standard InChI is InChI=1S/C17H25N5O2S2/c1-14-22-16(13-25-14)8-9-19-17(18-2)20-10-11-26(23,24)21-12-15-6-4-3-5-7-15/h3-7,13,21H,8-12H2,1-2H3,(H2,18,19,20). The molecule has 0 saturated carbocycles. The average Bonchev–Trinajstić information content (AvgIpc) is 3.05. The zero-order chi connectivity index (χ0) is 18.8. The Morgan fingerprint density at radius 2 is 1.92 bits per heavy atom. The van der Waals surface area contributed by atoms with E-state index in [4.69, 9.17) is 0 Å². The van der Waals surface area contributed by atoms with Crippen molar-refractivity contribution in [3.8, 4) is 0 Å². The number of aliphatic imine (C=N–C) groups is 1. The van der Waals surface area contributed by atoms with Gasteiger partial charge in [-0.1, -0.05) is 30.3 Å². The molecule has 0 bridgehead atoms. The van der Waals surface area contributed by atoms with Gasteiger partial charge in [-0.3, -0.25) is 4.99 Å². The molecule has 7 nitrogen and oxygen atoms in total. The van der Waals surface area contributed by atoms with Gasteiger partial charge in [-0.2, -0.15) is 0 Å². The van der Waals surface area contributed by atoms with Crippen LogP contribution in [0, 0.1) is 6.92 Å². The van der Waals surface area contributed by atoms with Gasteiger partial charge >= 0.3 is 0 Å². The quantitative estimate of drug-likeness (QED) is 0.439. The first-order valence-corrected chi connectivity index (χ1v) is 10.9. The van der Waals surface area contributed by atoms with Crippen LogP contribution in [0.5, 0.6) is 0 Å². The van der Waals surface area contributed by atoms with Crippen LogP contribution in [0.2, 0.25) is 0 Å². The van der Waals surface area contributed by atoms with Crippen LogP contribution in [-0.2, 0) is 23.0 Å². The number of sulfonamides is 1. The fraction of sp³-hybridized carbons (Fsp3) is 0.412. The minimum Gasteiger partial charge on any atom is -0.356 e. The molecule has 142 valence electrons. The lowest BCUT2D eigenvalue weighted by Gasteiger charge is -2.12. The number of benzene rings is 1. The van der Waals surface area contributed by atoms with E-state index in [-0.39, 0.29) is 12.3 Å². The number of aromatic nitrogens is 1. The number of guanidine groups is 1. The molecule has 2 rings (SSSR count). The van der Waals surface area contributed by atoms with Crippen molar-refractivity contribution in [1.82, 2.24) is 20.3 Å². The summed E-state index contributed by atoms with van der Waals surface area (Å²) in [6, 6.07) is 9.43. The molecule has 0 unspecified atom stereocenters. The smallest absolute Gasteiger partial charge is 0.213 e. The van der Waals surface area contributed by atoms with Gasteiger partial charge in [0.2, 0.25) is 10.0 Å². The zero-order valence-electron chi connectivity index (χ0n) is 15.0. The number of rotatable bonds is 9. The molecule has 26 heavy (non-hydrogen) atoms. The lowest BCUT2D eigenvalue weighted by molar-refractivity contribution is 0.580. The maximum Gasteiger partial charge on any atom is 0.213 e. The molecule has 3 N–H and O–H groups in total. The summed E-state index contributed by atoms with van der Waals surface area (Å²) in [5, 5.41) is 9.27. The predicted octanol–water partition coefficient (Wildman–Crippen LogP) is 1.28. The van der Waals surface area contributed by atoms with E-state index in [1.165, 1.54) is 0 Å². The molecule has 1 heterocycles. The molecular formula is C17H25N5O2S2. The van der Waals surface area contributed by atoms with Gasteiger partial charge in [-0.05, 0) is 12.5 Å². The van der Waals surface area contributed by atoms with Crippen LogP contribution in [0.4, 0.5) is 0 Å². The third-order valence-corrected chi connectivity index (χ3v) is 5.71. The molecule has 9 heteroatoms. The van der Waals surface area contributed by atoms with E-state index >= 15 is 0 Å². The Labute approximate surface area is 159 Å². The Morgan fingerprint density at radius 1 is 1.19 bits per heavy atom. The molecule has 0 spiro atoms. The summed E-state index contributed by atoms with van der Waals surface area (Å²) >= 11 is 1.63. The predicted molar refractivity (Wildman–Crippen MR) is 107 cm³/mol. The van der Waals surface area contributed by atoms with Crippen molar-refractivity contribution in [2.24, 2.45) is 4.99 Å². The molecule has 1 aromatic heterocycles. The molecule has 0 aliphatic heterocycles. The molecule has 0 aliphatic rings. The van der Waals surface area contributed by atoms with E-state index in [2.05, 4.69) is 25.3 Å². The maximum atomic E-state index is 12.1. The summed E-state index contributed by atoms with van der Waals surface area (Å²) in [4.78, 5) is 8.50. The van der Waals surface area contributed by atoms with Crippen molar-refractivity contribution in [3.05, 3.63) is 52.0 Å². The van der Waals surface area contributed by atoms with Gasteiger partial charge in [-0.15, -0.1) is 11.3 Å². The van der Waals surface area contributed by atoms with Gasteiger partial charge in [0, 0.05) is 38.5 Å². The number of hydrogen-bond donors (Lipinski definition) is 3. The Balaban J connectivity index is 1.67. The molecule has 0 saturated heterocycles. The number of hydrogen-bond acceptors (Lipinski definition) is 5. The van der Waals surface area contributed by atoms with Crippen molar-refractivity contribution in [2.45, 2.75) is 19.9 Å². The Hall–Kier alpha value is -1.97. The van der Waals surface area contributed by atoms with Gasteiger partial charge < -0.3 is 10.6 Å². The monoisotopic (exact) mass is 395 g/mol. The van der Waals surface area contributed by atoms with Gasteiger partial charge in [0.1, 0.15) is 0 Å². The van der Waals surface area contributed by atoms with E-state index in [0.29, 0.717) is 19.0 Å². The number of thiazole rings is 1. The topological polar surface area (TPSA) is 95.5 Å². The maximum absolute atomic E-state index is 12.1. The first-order chi connectivity index (χ1) is 12.5. The van der Waals surface area contributed by atoms with E-state index < -0.39 is 10.0 Å². The van der Waals surface area contributed by atoms with Crippen LogP contribution in [0.3, 0.4) is 0 Å². The molecular weight excluding hydrogens is 370 g/mol. The van der Waals surface area contributed by atoms with Crippen molar-refractivity contribution in [2.75, 3.05) is 25.9 Å². The molecule has 0 radical (unpaired) electrons. The third kappa shape index (κ3) is 7.51. The zero-order valence-corrected chi connectivity index (χ0v) is 16.7. The number of nitrogens with one attached hydrogen (secondary N) is 3. The van der Waals surface area contributed by atoms with Gasteiger partial charge in [0.05, 0.1) is 16.5 Å². The van der Waals surface area contributed by atoms with Crippen molar-refractivity contribution < 1.29 is 8.42 Å². The second kappa shape index (κ2) is 10.2. The summed E-state index contributed by atoms with van der Waals surface area (Å²) in [6.07, 6.45) is 0.794. The van der Waals surface area contributed by atoms with Crippen LogP contribution >= 0.6 is 11.3 Å². The number of nitrogens with zero attached hydrogens (tertiary/aromatic N) is 2.